The van der Waals surface area contributed by atoms with E-state index in [1.165, 1.54) is 11.3 Å². The summed E-state index contributed by atoms with van der Waals surface area (Å²) >= 11 is 7.19. The molecule has 27 heavy (non-hydrogen) atoms. The van der Waals surface area contributed by atoms with Crippen LogP contribution in [0, 0.1) is 6.92 Å². The van der Waals surface area contributed by atoms with Gasteiger partial charge in [-0.3, -0.25) is 4.79 Å². The van der Waals surface area contributed by atoms with Crippen molar-refractivity contribution in [3.63, 3.8) is 0 Å². The zero-order valence-electron chi connectivity index (χ0n) is 15.6. The smallest absolute Gasteiger partial charge is 0.263 e. The maximum atomic E-state index is 12.4. The number of benzene rings is 1. The zero-order valence-corrected chi connectivity index (χ0v) is 18.8. The van der Waals surface area contributed by atoms with E-state index in [0.717, 1.165) is 17.8 Å². The summed E-state index contributed by atoms with van der Waals surface area (Å²) in [5.41, 5.74) is 6.57. The highest BCUT2D eigenvalue weighted by Gasteiger charge is 2.23. The highest BCUT2D eigenvalue weighted by molar-refractivity contribution is 7.13. The molecule has 0 unspecified atom stereocenters. The second-order valence-corrected chi connectivity index (χ2v) is 7.54. The van der Waals surface area contributed by atoms with Gasteiger partial charge in [-0.15, -0.1) is 36.2 Å². The number of hydrogen-bond donors (Lipinski definition) is 2. The number of halogens is 3. The van der Waals surface area contributed by atoms with E-state index in [1.54, 1.807) is 24.3 Å². The highest BCUT2D eigenvalue weighted by atomic mass is 35.5. The fraction of sp³-hybridized carbons (Fsp3) is 0.444. The van der Waals surface area contributed by atoms with Gasteiger partial charge in [-0.1, -0.05) is 25.4 Å². The van der Waals surface area contributed by atoms with Crippen molar-refractivity contribution in [1.82, 2.24) is 10.3 Å². The molecule has 0 saturated heterocycles. The molecule has 0 radical (unpaired) electrons. The first kappa shape index (κ1) is 26.0. The van der Waals surface area contributed by atoms with Crippen LogP contribution in [0.1, 0.15) is 47.1 Å². The number of aryl methyl sites for hydroxylation is 1. The normalized spacial score (nSPS) is 10.6. The molecule has 5 nitrogen and oxygen atoms in total. The summed E-state index contributed by atoms with van der Waals surface area (Å²) in [5, 5.41) is 4.34. The average Bonchev–Trinajstić information content (AvgIpc) is 2.99. The molecule has 0 aliphatic carbocycles. The Morgan fingerprint density at radius 2 is 1.85 bits per heavy atom. The molecular formula is C18H26Cl3N3O2S. The highest BCUT2D eigenvalue weighted by Crippen LogP contribution is 2.21. The molecule has 0 atom stereocenters. The van der Waals surface area contributed by atoms with Gasteiger partial charge < -0.3 is 15.8 Å². The molecule has 152 valence electrons. The monoisotopic (exact) mass is 453 g/mol. The van der Waals surface area contributed by atoms with Crippen LogP contribution in [0.25, 0.3) is 0 Å². The summed E-state index contributed by atoms with van der Waals surface area (Å²) in [6.45, 7) is 6.64. The van der Waals surface area contributed by atoms with E-state index < -0.39 is 0 Å². The summed E-state index contributed by atoms with van der Waals surface area (Å²) in [5.74, 6) is 0.575. The van der Waals surface area contributed by atoms with Crippen LogP contribution in [0.15, 0.2) is 24.3 Å². The lowest BCUT2D eigenvalue weighted by Gasteiger charge is -2.26. The number of carbonyl (C=O) groups is 1. The molecule has 0 saturated carbocycles. The summed E-state index contributed by atoms with van der Waals surface area (Å²) in [6.07, 6.45) is 1.62. The van der Waals surface area contributed by atoms with E-state index in [4.69, 9.17) is 22.1 Å². The van der Waals surface area contributed by atoms with E-state index in [2.05, 4.69) is 10.3 Å². The first-order valence-corrected chi connectivity index (χ1v) is 9.48. The largest absolute Gasteiger partial charge is 0.486 e. The number of ether oxygens (including phenoxy) is 1. The van der Waals surface area contributed by atoms with Gasteiger partial charge in [0, 0.05) is 17.1 Å². The number of nitrogens with one attached hydrogen (secondary N) is 1. The Morgan fingerprint density at radius 1 is 1.26 bits per heavy atom. The lowest BCUT2D eigenvalue weighted by Crippen LogP contribution is -2.49. The molecule has 0 spiro atoms. The van der Waals surface area contributed by atoms with Crippen molar-refractivity contribution in [3.05, 3.63) is 44.9 Å². The van der Waals surface area contributed by atoms with Crippen LogP contribution < -0.4 is 15.8 Å². The fourth-order valence-electron chi connectivity index (χ4n) is 2.24. The van der Waals surface area contributed by atoms with Gasteiger partial charge >= 0.3 is 0 Å². The third kappa shape index (κ3) is 7.47. The first-order chi connectivity index (χ1) is 11.9. The Labute approximate surface area is 181 Å². The fourth-order valence-corrected chi connectivity index (χ4v) is 3.26. The number of hydrogen-bond acceptors (Lipinski definition) is 5. The van der Waals surface area contributed by atoms with Crippen LogP contribution in [0.3, 0.4) is 0 Å². The lowest BCUT2D eigenvalue weighted by atomic mass is 9.94. The Kier molecular flexibility index (Phi) is 11.3. The van der Waals surface area contributed by atoms with Gasteiger partial charge in [-0.25, -0.2) is 4.98 Å². The van der Waals surface area contributed by atoms with Crippen LogP contribution in [-0.4, -0.2) is 23.0 Å². The Balaban J connectivity index is 0.00000338. The van der Waals surface area contributed by atoms with Crippen molar-refractivity contribution in [2.45, 2.75) is 45.8 Å². The molecule has 2 aromatic rings. The minimum atomic E-state index is -0.366. The number of nitrogens with zero attached hydrogens (tertiary/aromatic N) is 1. The van der Waals surface area contributed by atoms with E-state index in [0.29, 0.717) is 34.5 Å². The van der Waals surface area contributed by atoms with Crippen molar-refractivity contribution < 1.29 is 9.53 Å². The van der Waals surface area contributed by atoms with Gasteiger partial charge in [0.15, 0.2) is 0 Å². The van der Waals surface area contributed by atoms with Crippen LogP contribution >= 0.6 is 47.8 Å². The van der Waals surface area contributed by atoms with Gasteiger partial charge in [-0.05, 0) is 44.0 Å². The molecule has 1 amide bonds. The molecule has 2 rings (SSSR count). The molecule has 3 N–H and O–H groups in total. The SMILES string of the molecule is CCC(N)(CC)CNC(=O)c1sc(COc2ccc(Cl)cc2)nc1C.Cl.Cl. The summed E-state index contributed by atoms with van der Waals surface area (Å²) < 4.78 is 5.68. The Morgan fingerprint density at radius 3 is 2.41 bits per heavy atom. The van der Waals surface area contributed by atoms with Gasteiger partial charge in [0.05, 0.1) is 5.69 Å². The van der Waals surface area contributed by atoms with E-state index in [1.807, 2.05) is 20.8 Å². The Bertz CT molecular complexity index is 719. The lowest BCUT2D eigenvalue weighted by molar-refractivity contribution is 0.0945. The maximum Gasteiger partial charge on any atom is 0.263 e. The maximum absolute atomic E-state index is 12.4. The minimum absolute atomic E-state index is 0. The van der Waals surface area contributed by atoms with E-state index >= 15 is 0 Å². The van der Waals surface area contributed by atoms with Crippen molar-refractivity contribution in [2.75, 3.05) is 6.54 Å². The number of aromatic nitrogens is 1. The molecule has 1 heterocycles. The Hall–Kier alpha value is -1.05. The molecule has 0 bridgehead atoms. The summed E-state index contributed by atoms with van der Waals surface area (Å²) in [6, 6.07) is 7.13. The number of carbonyl (C=O) groups excluding carboxylic acids is 1. The number of amides is 1. The third-order valence-electron chi connectivity index (χ3n) is 4.23. The van der Waals surface area contributed by atoms with Crippen molar-refractivity contribution in [1.29, 1.82) is 0 Å². The molecule has 0 aliphatic heterocycles. The molecule has 1 aromatic carbocycles. The van der Waals surface area contributed by atoms with Gasteiger partial charge in [0.1, 0.15) is 22.2 Å². The predicted molar refractivity (Wildman–Crippen MR) is 117 cm³/mol. The van der Waals surface area contributed by atoms with Crippen LogP contribution in [0.4, 0.5) is 0 Å². The van der Waals surface area contributed by atoms with Gasteiger partial charge in [0.25, 0.3) is 5.91 Å². The number of nitrogens with two attached hydrogens (primary N) is 1. The quantitative estimate of drug-likeness (QED) is 0.602. The van der Waals surface area contributed by atoms with Crippen LogP contribution in [-0.2, 0) is 6.61 Å². The standard InChI is InChI=1S/C18H24ClN3O2S.2ClH/c1-4-18(20,5-2)11-21-17(23)16-12(3)22-15(25-16)10-24-14-8-6-13(19)7-9-14;;/h6-9H,4-5,10-11,20H2,1-3H3,(H,21,23);2*1H. The van der Waals surface area contributed by atoms with Crippen molar-refractivity contribution in [2.24, 2.45) is 5.73 Å². The second kappa shape index (κ2) is 11.7. The topological polar surface area (TPSA) is 77.2 Å². The average molecular weight is 455 g/mol. The minimum Gasteiger partial charge on any atom is -0.486 e. The summed E-state index contributed by atoms with van der Waals surface area (Å²) in [4.78, 5) is 17.4. The first-order valence-electron chi connectivity index (χ1n) is 8.28. The third-order valence-corrected chi connectivity index (χ3v) is 5.61. The van der Waals surface area contributed by atoms with Crippen LogP contribution in [0.5, 0.6) is 5.75 Å². The molecule has 0 fully saturated rings. The van der Waals surface area contributed by atoms with Gasteiger partial charge in [0.2, 0.25) is 0 Å². The number of rotatable bonds is 8. The molecule has 9 heteroatoms. The molecule has 0 aliphatic rings. The van der Waals surface area contributed by atoms with Crippen LogP contribution in [0.2, 0.25) is 5.02 Å². The zero-order chi connectivity index (χ0) is 18.4. The second-order valence-electron chi connectivity index (χ2n) is 6.02. The summed E-state index contributed by atoms with van der Waals surface area (Å²) in [7, 11) is 0. The van der Waals surface area contributed by atoms with Crippen molar-refractivity contribution >= 4 is 53.7 Å². The molecule has 1 aromatic heterocycles. The van der Waals surface area contributed by atoms with E-state index in [9.17, 15) is 4.79 Å². The van der Waals surface area contributed by atoms with Crippen molar-refractivity contribution in [3.8, 4) is 5.75 Å². The molecular weight excluding hydrogens is 429 g/mol. The van der Waals surface area contributed by atoms with Gasteiger partial charge in [-0.2, -0.15) is 0 Å². The van der Waals surface area contributed by atoms with E-state index in [-0.39, 0.29) is 36.3 Å². The predicted octanol–water partition coefficient (Wildman–Crippen LogP) is 4.77. The number of thiazole rings is 1.